The lowest BCUT2D eigenvalue weighted by atomic mass is 10.1. The van der Waals surface area contributed by atoms with Gasteiger partial charge in [-0.1, -0.05) is 17.8 Å². The van der Waals surface area contributed by atoms with Gasteiger partial charge in [-0.15, -0.1) is 0 Å². The van der Waals surface area contributed by atoms with Crippen LogP contribution in [0.2, 0.25) is 0 Å². The van der Waals surface area contributed by atoms with E-state index < -0.39 is 23.3 Å². The van der Waals surface area contributed by atoms with E-state index in [1.807, 2.05) is 19.9 Å². The van der Waals surface area contributed by atoms with Crippen LogP contribution in [0.25, 0.3) is 0 Å². The van der Waals surface area contributed by atoms with Crippen LogP contribution in [0.4, 0.5) is 18.9 Å². The predicted molar refractivity (Wildman–Crippen MR) is 82.7 cm³/mol. The van der Waals surface area contributed by atoms with E-state index in [2.05, 4.69) is 15.3 Å². The number of anilines is 1. The molecule has 0 saturated heterocycles. The number of carbonyl (C=O) groups is 1. The van der Waals surface area contributed by atoms with E-state index in [9.17, 15) is 18.0 Å². The third-order valence-corrected chi connectivity index (χ3v) is 3.50. The van der Waals surface area contributed by atoms with Gasteiger partial charge in [-0.05, 0) is 43.4 Å². The predicted octanol–water partition coefficient (Wildman–Crippen LogP) is 4.09. The van der Waals surface area contributed by atoms with Crippen LogP contribution in [0.1, 0.15) is 27.2 Å². The Hall–Kier alpha value is -2.09. The third-order valence-electron chi connectivity index (χ3n) is 2.94. The van der Waals surface area contributed by atoms with Gasteiger partial charge in [-0.2, -0.15) is 13.2 Å². The maximum absolute atomic E-state index is 13.1. The molecule has 2 rings (SSSR count). The molecule has 1 heterocycles. The van der Waals surface area contributed by atoms with Gasteiger partial charge in [0.15, 0.2) is 10.9 Å². The van der Waals surface area contributed by atoms with Gasteiger partial charge < -0.3 is 5.32 Å². The van der Waals surface area contributed by atoms with Crippen molar-refractivity contribution in [2.75, 3.05) is 11.6 Å². The summed E-state index contributed by atoms with van der Waals surface area (Å²) in [6.07, 6.45) is -2.27. The highest BCUT2D eigenvalue weighted by Crippen LogP contribution is 2.31. The molecule has 0 atom stereocenters. The molecule has 0 saturated carbocycles. The Morgan fingerprint density at radius 3 is 2.30 bits per heavy atom. The SMILES string of the molecule is CSc1ncc(C(=O)Nc2cc(C)cc(C)c2)c(C(F)(F)F)n1. The minimum atomic E-state index is -4.73. The van der Waals surface area contributed by atoms with Crippen molar-refractivity contribution < 1.29 is 18.0 Å². The van der Waals surface area contributed by atoms with Crippen LogP contribution in [0, 0.1) is 13.8 Å². The zero-order valence-corrected chi connectivity index (χ0v) is 13.5. The van der Waals surface area contributed by atoms with Crippen molar-refractivity contribution in [2.45, 2.75) is 25.2 Å². The third kappa shape index (κ3) is 4.22. The first-order valence-electron chi connectivity index (χ1n) is 6.58. The molecule has 0 unspecified atom stereocenters. The maximum atomic E-state index is 13.1. The number of carbonyl (C=O) groups excluding carboxylic acids is 1. The summed E-state index contributed by atoms with van der Waals surface area (Å²) in [6, 6.07) is 5.25. The Labute approximate surface area is 135 Å². The summed E-state index contributed by atoms with van der Waals surface area (Å²) in [4.78, 5) is 19.4. The van der Waals surface area contributed by atoms with Gasteiger partial charge in [0.05, 0.1) is 5.56 Å². The lowest BCUT2D eigenvalue weighted by Crippen LogP contribution is -2.21. The standard InChI is InChI=1S/C15H14F3N3OS/c1-8-4-9(2)6-10(5-8)20-13(22)11-7-19-14(23-3)21-12(11)15(16,17)18/h4-7H,1-3H3,(H,20,22). The minimum Gasteiger partial charge on any atom is -0.322 e. The van der Waals surface area contributed by atoms with Crippen LogP contribution in [0.3, 0.4) is 0 Å². The second kappa shape index (κ2) is 6.57. The maximum Gasteiger partial charge on any atom is 0.434 e. The van der Waals surface area contributed by atoms with E-state index in [-0.39, 0.29) is 5.16 Å². The Morgan fingerprint density at radius 2 is 1.78 bits per heavy atom. The van der Waals surface area contributed by atoms with E-state index in [1.165, 1.54) is 0 Å². The molecule has 23 heavy (non-hydrogen) atoms. The number of hydrogen-bond donors (Lipinski definition) is 1. The fourth-order valence-electron chi connectivity index (χ4n) is 2.09. The highest BCUT2D eigenvalue weighted by Gasteiger charge is 2.38. The first-order chi connectivity index (χ1) is 10.7. The number of hydrogen-bond acceptors (Lipinski definition) is 4. The molecule has 4 nitrogen and oxygen atoms in total. The molecule has 0 fully saturated rings. The van der Waals surface area contributed by atoms with E-state index in [0.29, 0.717) is 5.69 Å². The summed E-state index contributed by atoms with van der Waals surface area (Å²) in [5, 5.41) is 2.42. The molecule has 0 aliphatic rings. The highest BCUT2D eigenvalue weighted by atomic mass is 32.2. The molecule has 1 aromatic carbocycles. The van der Waals surface area contributed by atoms with Gasteiger partial charge in [-0.3, -0.25) is 4.79 Å². The second-order valence-electron chi connectivity index (χ2n) is 4.95. The number of thioether (sulfide) groups is 1. The lowest BCUT2D eigenvalue weighted by molar-refractivity contribution is -0.142. The molecule has 2 aromatic rings. The van der Waals surface area contributed by atoms with Gasteiger partial charge in [0.2, 0.25) is 0 Å². The Morgan fingerprint density at radius 1 is 1.17 bits per heavy atom. The molecule has 1 amide bonds. The van der Waals surface area contributed by atoms with Crippen molar-refractivity contribution >= 4 is 23.4 Å². The van der Waals surface area contributed by atoms with E-state index in [1.54, 1.807) is 18.4 Å². The number of rotatable bonds is 3. The molecule has 1 aromatic heterocycles. The van der Waals surface area contributed by atoms with Crippen molar-refractivity contribution in [3.63, 3.8) is 0 Å². The van der Waals surface area contributed by atoms with Crippen molar-refractivity contribution in [2.24, 2.45) is 0 Å². The fraction of sp³-hybridized carbons (Fsp3) is 0.267. The van der Waals surface area contributed by atoms with E-state index in [4.69, 9.17) is 0 Å². The van der Waals surface area contributed by atoms with Gasteiger partial charge in [-0.25, -0.2) is 9.97 Å². The lowest BCUT2D eigenvalue weighted by Gasteiger charge is -2.13. The van der Waals surface area contributed by atoms with E-state index in [0.717, 1.165) is 29.1 Å². The normalized spacial score (nSPS) is 11.4. The van der Waals surface area contributed by atoms with Crippen molar-refractivity contribution in [1.29, 1.82) is 0 Å². The highest BCUT2D eigenvalue weighted by molar-refractivity contribution is 7.98. The fourth-order valence-corrected chi connectivity index (χ4v) is 2.43. The molecule has 1 N–H and O–H groups in total. The number of aromatic nitrogens is 2. The average Bonchev–Trinajstić information content (AvgIpc) is 2.44. The monoisotopic (exact) mass is 341 g/mol. The van der Waals surface area contributed by atoms with E-state index >= 15 is 0 Å². The summed E-state index contributed by atoms with van der Waals surface area (Å²) < 4.78 is 39.3. The number of nitrogens with one attached hydrogen (secondary N) is 1. The number of alkyl halides is 3. The first-order valence-corrected chi connectivity index (χ1v) is 7.81. The van der Waals surface area contributed by atoms with Crippen molar-refractivity contribution in [3.05, 3.63) is 46.8 Å². The second-order valence-corrected chi connectivity index (χ2v) is 5.72. The van der Waals surface area contributed by atoms with Gasteiger partial charge in [0, 0.05) is 11.9 Å². The molecule has 0 radical (unpaired) electrons. The van der Waals surface area contributed by atoms with Crippen molar-refractivity contribution in [3.8, 4) is 0 Å². The quantitative estimate of drug-likeness (QED) is 0.675. The molecule has 122 valence electrons. The topological polar surface area (TPSA) is 54.9 Å². The Bertz CT molecular complexity index is 727. The molecule has 0 spiro atoms. The number of amides is 1. The largest absolute Gasteiger partial charge is 0.434 e. The van der Waals surface area contributed by atoms with Crippen LogP contribution in [0.15, 0.2) is 29.6 Å². The van der Waals surface area contributed by atoms with Crippen LogP contribution in [-0.2, 0) is 6.18 Å². The van der Waals surface area contributed by atoms with Gasteiger partial charge in [0.1, 0.15) is 0 Å². The Balaban J connectivity index is 2.39. The Kier molecular flexibility index (Phi) is 4.93. The van der Waals surface area contributed by atoms with Crippen molar-refractivity contribution in [1.82, 2.24) is 9.97 Å². The zero-order valence-electron chi connectivity index (χ0n) is 12.7. The summed E-state index contributed by atoms with van der Waals surface area (Å²) >= 11 is 0.973. The van der Waals surface area contributed by atoms with Crippen LogP contribution in [0.5, 0.6) is 0 Å². The molecule has 8 heteroatoms. The molecular weight excluding hydrogens is 327 g/mol. The summed E-state index contributed by atoms with van der Waals surface area (Å²) in [5.74, 6) is -0.894. The molecule has 0 aliphatic carbocycles. The minimum absolute atomic E-state index is 0.0414. The number of benzene rings is 1. The van der Waals surface area contributed by atoms with Gasteiger partial charge >= 0.3 is 6.18 Å². The van der Waals surface area contributed by atoms with Gasteiger partial charge in [0.25, 0.3) is 5.91 Å². The van der Waals surface area contributed by atoms with Crippen LogP contribution >= 0.6 is 11.8 Å². The molecular formula is C15H14F3N3OS. The number of halogens is 3. The van der Waals surface area contributed by atoms with Crippen LogP contribution in [-0.4, -0.2) is 22.1 Å². The summed E-state index contributed by atoms with van der Waals surface area (Å²) in [6.45, 7) is 3.67. The molecule has 0 bridgehead atoms. The summed E-state index contributed by atoms with van der Waals surface area (Å²) in [5.41, 5.74) is 0.374. The smallest absolute Gasteiger partial charge is 0.322 e. The van der Waals surface area contributed by atoms with Crippen LogP contribution < -0.4 is 5.32 Å². The zero-order chi connectivity index (χ0) is 17.2. The first kappa shape index (κ1) is 17.3. The molecule has 0 aliphatic heterocycles. The number of aryl methyl sites for hydroxylation is 2. The average molecular weight is 341 g/mol. The summed E-state index contributed by atoms with van der Waals surface area (Å²) in [7, 11) is 0. The number of nitrogens with zero attached hydrogens (tertiary/aromatic N) is 2.